The predicted molar refractivity (Wildman–Crippen MR) is 134 cm³/mol. The molecule has 0 fully saturated rings. The van der Waals surface area contributed by atoms with Gasteiger partial charge in [-0.25, -0.2) is 9.59 Å². The smallest absolute Gasteiger partial charge is 0.339 e. The fourth-order valence-corrected chi connectivity index (χ4v) is 4.34. The van der Waals surface area contributed by atoms with Crippen molar-refractivity contribution in [3.05, 3.63) is 94.5 Å². The zero-order chi connectivity index (χ0) is 23.4. The van der Waals surface area contributed by atoms with Crippen molar-refractivity contribution in [2.45, 2.75) is 13.8 Å². The Morgan fingerprint density at radius 3 is 1.52 bits per heavy atom. The molecule has 4 nitrogen and oxygen atoms in total. The fourth-order valence-electron chi connectivity index (χ4n) is 4.07. The van der Waals surface area contributed by atoms with Gasteiger partial charge < -0.3 is 9.47 Å². The molecule has 0 aliphatic carbocycles. The van der Waals surface area contributed by atoms with E-state index in [1.807, 2.05) is 78.9 Å². The minimum atomic E-state index is -0.554. The normalized spacial score (nSPS) is 10.8. The van der Waals surface area contributed by atoms with Crippen LogP contribution in [0.15, 0.2) is 83.3 Å². The lowest BCUT2D eigenvalue weighted by molar-refractivity contribution is 0.0480. The maximum Gasteiger partial charge on any atom is 0.339 e. The molecule has 4 aromatic rings. The average Bonchev–Trinajstić information content (AvgIpc) is 2.84. The van der Waals surface area contributed by atoms with Crippen LogP contribution >= 0.6 is 15.9 Å². The van der Waals surface area contributed by atoms with E-state index in [-0.39, 0.29) is 24.3 Å². The summed E-state index contributed by atoms with van der Waals surface area (Å²) in [5, 5.41) is 1.72. The second-order valence-corrected chi connectivity index (χ2v) is 8.28. The van der Waals surface area contributed by atoms with Gasteiger partial charge in [-0.3, -0.25) is 0 Å². The van der Waals surface area contributed by atoms with E-state index in [1.54, 1.807) is 13.8 Å². The molecule has 0 amide bonds. The van der Waals surface area contributed by atoms with Crippen LogP contribution < -0.4 is 0 Å². The zero-order valence-corrected chi connectivity index (χ0v) is 20.0. The quantitative estimate of drug-likeness (QED) is 0.259. The molecule has 33 heavy (non-hydrogen) atoms. The van der Waals surface area contributed by atoms with Crippen LogP contribution in [0.2, 0.25) is 0 Å². The second kappa shape index (κ2) is 10.0. The lowest BCUT2D eigenvalue weighted by Crippen LogP contribution is -2.17. The van der Waals surface area contributed by atoms with Crippen LogP contribution in [0.5, 0.6) is 0 Å². The number of rotatable bonds is 6. The Morgan fingerprint density at radius 1 is 0.636 bits per heavy atom. The summed E-state index contributed by atoms with van der Waals surface area (Å²) < 4.78 is 11.8. The molecule has 0 aliphatic rings. The van der Waals surface area contributed by atoms with Crippen LogP contribution in [0.4, 0.5) is 0 Å². The largest absolute Gasteiger partial charge is 0.462 e. The number of fused-ring (bicyclic) bond motifs is 1. The van der Waals surface area contributed by atoms with Crippen molar-refractivity contribution >= 4 is 38.6 Å². The van der Waals surface area contributed by atoms with Gasteiger partial charge >= 0.3 is 11.9 Å². The molecule has 0 aliphatic heterocycles. The first-order valence-electron chi connectivity index (χ1n) is 10.8. The lowest BCUT2D eigenvalue weighted by atomic mass is 9.83. The van der Waals surface area contributed by atoms with Gasteiger partial charge in [0.25, 0.3) is 0 Å². The van der Waals surface area contributed by atoms with Gasteiger partial charge in [-0.2, -0.15) is 0 Å². The molecule has 0 unspecified atom stereocenters. The van der Waals surface area contributed by atoms with Crippen molar-refractivity contribution in [3.63, 3.8) is 0 Å². The van der Waals surface area contributed by atoms with Gasteiger partial charge in [0.2, 0.25) is 0 Å². The maximum absolute atomic E-state index is 13.4. The number of hydrogen-bond acceptors (Lipinski definition) is 4. The monoisotopic (exact) mass is 502 g/mol. The van der Waals surface area contributed by atoms with Crippen LogP contribution in [-0.2, 0) is 9.47 Å². The van der Waals surface area contributed by atoms with Gasteiger partial charge in [-0.05, 0) is 47.9 Å². The average molecular weight is 503 g/mol. The first kappa shape index (κ1) is 22.7. The van der Waals surface area contributed by atoms with E-state index in [9.17, 15) is 9.59 Å². The Morgan fingerprint density at radius 2 is 1.06 bits per heavy atom. The van der Waals surface area contributed by atoms with E-state index in [1.165, 1.54) is 0 Å². The highest BCUT2D eigenvalue weighted by Gasteiger charge is 2.31. The third-order valence-electron chi connectivity index (χ3n) is 5.37. The number of carbonyl (C=O) groups is 2. The van der Waals surface area contributed by atoms with Crippen LogP contribution in [-0.4, -0.2) is 25.2 Å². The standard InChI is InChI=1S/C28H23BrO4/c1-3-32-27(30)25-23(18-10-6-5-7-11-18)21-12-8-9-13-22(21)24(26(25)28(31)33-4-2)19-14-16-20(29)17-15-19/h5-17H,3-4H2,1-2H3. The number of esters is 2. The highest BCUT2D eigenvalue weighted by molar-refractivity contribution is 9.10. The molecule has 0 saturated heterocycles. The van der Waals surface area contributed by atoms with Gasteiger partial charge in [0, 0.05) is 15.6 Å². The number of carbonyl (C=O) groups excluding carboxylic acids is 2. The Balaban J connectivity index is 2.23. The van der Waals surface area contributed by atoms with Crippen molar-refractivity contribution in [1.29, 1.82) is 0 Å². The molecular formula is C28H23BrO4. The molecular weight excluding hydrogens is 480 g/mol. The molecule has 0 aromatic heterocycles. The fraction of sp³-hybridized carbons (Fsp3) is 0.143. The Labute approximate surface area is 201 Å². The number of halogens is 1. The topological polar surface area (TPSA) is 52.6 Å². The molecule has 0 atom stereocenters. The molecule has 0 bridgehead atoms. The molecule has 4 rings (SSSR count). The van der Waals surface area contributed by atoms with Crippen LogP contribution in [0.3, 0.4) is 0 Å². The number of benzene rings is 4. The summed E-state index contributed by atoms with van der Waals surface area (Å²) in [7, 11) is 0. The first-order chi connectivity index (χ1) is 16.1. The SMILES string of the molecule is CCOC(=O)c1c(C(=O)OCC)c(-c2ccc(Br)cc2)c2ccccc2c1-c1ccccc1. The molecule has 0 spiro atoms. The van der Waals surface area contributed by atoms with Gasteiger partial charge in [-0.1, -0.05) is 82.7 Å². The highest BCUT2D eigenvalue weighted by atomic mass is 79.9. The number of hydrogen-bond donors (Lipinski definition) is 0. The van der Waals surface area contributed by atoms with E-state index in [0.29, 0.717) is 11.1 Å². The zero-order valence-electron chi connectivity index (χ0n) is 18.4. The van der Waals surface area contributed by atoms with E-state index >= 15 is 0 Å². The van der Waals surface area contributed by atoms with Gasteiger partial charge in [0.05, 0.1) is 24.3 Å². The van der Waals surface area contributed by atoms with Gasteiger partial charge in [0.15, 0.2) is 0 Å². The van der Waals surface area contributed by atoms with Crippen molar-refractivity contribution in [3.8, 4) is 22.3 Å². The van der Waals surface area contributed by atoms with Crippen LogP contribution in [0.25, 0.3) is 33.0 Å². The van der Waals surface area contributed by atoms with E-state index < -0.39 is 11.9 Å². The minimum Gasteiger partial charge on any atom is -0.462 e. The Bertz CT molecular complexity index is 1310. The first-order valence-corrected chi connectivity index (χ1v) is 11.6. The van der Waals surface area contributed by atoms with Gasteiger partial charge in [-0.15, -0.1) is 0 Å². The molecule has 0 heterocycles. The third kappa shape index (κ3) is 4.41. The molecule has 0 radical (unpaired) electrons. The summed E-state index contributed by atoms with van der Waals surface area (Å²) in [6.45, 7) is 3.88. The third-order valence-corrected chi connectivity index (χ3v) is 5.90. The molecule has 0 N–H and O–H groups in total. The van der Waals surface area contributed by atoms with E-state index in [2.05, 4.69) is 15.9 Å². The van der Waals surface area contributed by atoms with Crippen molar-refractivity contribution in [1.82, 2.24) is 0 Å². The summed E-state index contributed by atoms with van der Waals surface area (Å²) >= 11 is 3.47. The Hall–Kier alpha value is -3.44. The second-order valence-electron chi connectivity index (χ2n) is 7.36. The highest BCUT2D eigenvalue weighted by Crippen LogP contribution is 2.43. The van der Waals surface area contributed by atoms with E-state index in [4.69, 9.17) is 9.47 Å². The summed E-state index contributed by atoms with van der Waals surface area (Å²) in [4.78, 5) is 26.8. The van der Waals surface area contributed by atoms with Crippen molar-refractivity contribution < 1.29 is 19.1 Å². The van der Waals surface area contributed by atoms with Crippen LogP contribution in [0.1, 0.15) is 34.6 Å². The van der Waals surface area contributed by atoms with Crippen molar-refractivity contribution in [2.24, 2.45) is 0 Å². The molecule has 166 valence electrons. The van der Waals surface area contributed by atoms with E-state index in [0.717, 1.165) is 26.4 Å². The van der Waals surface area contributed by atoms with Gasteiger partial charge in [0.1, 0.15) is 0 Å². The lowest BCUT2D eigenvalue weighted by Gasteiger charge is -2.21. The Kier molecular flexibility index (Phi) is 6.90. The summed E-state index contributed by atoms with van der Waals surface area (Å²) in [6, 6.07) is 25.1. The molecule has 5 heteroatoms. The van der Waals surface area contributed by atoms with Crippen LogP contribution in [0, 0.1) is 0 Å². The maximum atomic E-state index is 13.4. The van der Waals surface area contributed by atoms with Crippen molar-refractivity contribution in [2.75, 3.05) is 13.2 Å². The predicted octanol–water partition coefficient (Wildman–Crippen LogP) is 7.29. The molecule has 0 saturated carbocycles. The molecule has 4 aromatic carbocycles. The minimum absolute atomic E-state index is 0.189. The summed E-state index contributed by atoms with van der Waals surface area (Å²) in [5.41, 5.74) is 3.38. The summed E-state index contributed by atoms with van der Waals surface area (Å²) in [6.07, 6.45) is 0. The summed E-state index contributed by atoms with van der Waals surface area (Å²) in [5.74, 6) is -1.11. The number of ether oxygens (including phenoxy) is 2.